The second-order valence-electron chi connectivity index (χ2n) is 8.53. The highest BCUT2D eigenvalue weighted by atomic mass is 32.2. The van der Waals surface area contributed by atoms with Crippen LogP contribution in [0.3, 0.4) is 0 Å². The van der Waals surface area contributed by atoms with E-state index in [2.05, 4.69) is 25.6 Å². The molecule has 0 unspecified atom stereocenters. The van der Waals surface area contributed by atoms with Crippen molar-refractivity contribution in [3.63, 3.8) is 0 Å². The summed E-state index contributed by atoms with van der Waals surface area (Å²) in [6, 6.07) is 5.09. The van der Waals surface area contributed by atoms with Crippen LogP contribution in [0.1, 0.15) is 50.5 Å². The molecule has 4 rings (SSSR count). The van der Waals surface area contributed by atoms with E-state index in [0.717, 1.165) is 35.6 Å². The van der Waals surface area contributed by atoms with Gasteiger partial charge in [0.25, 0.3) is 0 Å². The quantitative estimate of drug-likeness (QED) is 0.378. The predicted octanol–water partition coefficient (Wildman–Crippen LogP) is 4.09. The fourth-order valence-electron chi connectivity index (χ4n) is 4.01. The van der Waals surface area contributed by atoms with Gasteiger partial charge in [0.2, 0.25) is 16.0 Å². The van der Waals surface area contributed by atoms with Crippen LogP contribution < -0.4 is 15.8 Å². The van der Waals surface area contributed by atoms with Crippen molar-refractivity contribution in [2.75, 3.05) is 5.32 Å². The van der Waals surface area contributed by atoms with E-state index in [1.165, 1.54) is 17.4 Å². The number of hydrogen-bond acceptors (Lipinski definition) is 8. The Morgan fingerprint density at radius 3 is 2.65 bits per heavy atom. The van der Waals surface area contributed by atoms with Gasteiger partial charge >= 0.3 is 6.09 Å². The topological polar surface area (TPSA) is 152 Å². The van der Waals surface area contributed by atoms with E-state index < -0.39 is 10.0 Å². The zero-order chi connectivity index (χ0) is 24.3. The number of thiazole rings is 1. The second-order valence-corrected chi connectivity index (χ2v) is 11.1. The first-order chi connectivity index (χ1) is 16.2. The van der Waals surface area contributed by atoms with Crippen molar-refractivity contribution in [1.29, 1.82) is 0 Å². The van der Waals surface area contributed by atoms with Crippen LogP contribution in [0.4, 0.5) is 16.4 Å². The number of rotatable bonds is 7. The first-order valence-corrected chi connectivity index (χ1v) is 13.4. The summed E-state index contributed by atoms with van der Waals surface area (Å²) in [5, 5.41) is 12.4. The number of imidazole rings is 1. The Balaban J connectivity index is 1.47. The van der Waals surface area contributed by atoms with Crippen molar-refractivity contribution in [3.05, 3.63) is 41.8 Å². The zero-order valence-electron chi connectivity index (χ0n) is 18.9. The van der Waals surface area contributed by atoms with Crippen molar-refractivity contribution in [2.45, 2.75) is 62.5 Å². The first kappa shape index (κ1) is 24.2. The summed E-state index contributed by atoms with van der Waals surface area (Å²) in [4.78, 5) is 24.2. The van der Waals surface area contributed by atoms with Gasteiger partial charge in [0.05, 0.1) is 20.9 Å². The number of primary sulfonamides is 1. The highest BCUT2D eigenvalue weighted by molar-refractivity contribution is 7.89. The largest absolute Gasteiger partial charge is 0.447 e. The molecule has 0 saturated heterocycles. The van der Waals surface area contributed by atoms with Crippen LogP contribution in [-0.4, -0.2) is 41.6 Å². The molecule has 12 heteroatoms. The Morgan fingerprint density at radius 1 is 1.24 bits per heavy atom. The molecule has 5 N–H and O–H groups in total. The fraction of sp³-hybridized carbons (Fsp3) is 0.409. The van der Waals surface area contributed by atoms with Gasteiger partial charge < -0.3 is 20.4 Å². The average Bonchev–Trinajstić information content (AvgIpc) is 3.45. The molecular weight excluding hydrogens is 476 g/mol. The lowest BCUT2D eigenvalue weighted by Crippen LogP contribution is -2.38. The third-order valence-corrected chi connectivity index (χ3v) is 7.72. The minimum atomic E-state index is -3.97. The summed E-state index contributed by atoms with van der Waals surface area (Å²) in [6.07, 6.45) is 7.87. The SMILES string of the molecule is CC(C)OC(=O)NC1CCC(c2ncc(-c3ccc(Nc4ncc[nH]4)cc3S(N)(=O)=O)s2)CC1. The summed E-state index contributed by atoms with van der Waals surface area (Å²) in [7, 11) is -3.97. The van der Waals surface area contributed by atoms with Gasteiger partial charge in [-0.1, -0.05) is 6.07 Å². The normalized spacial score (nSPS) is 18.6. The van der Waals surface area contributed by atoms with Crippen molar-refractivity contribution in [1.82, 2.24) is 20.3 Å². The van der Waals surface area contributed by atoms with Gasteiger partial charge in [0.1, 0.15) is 0 Å². The number of ether oxygens (including phenoxy) is 1. The summed E-state index contributed by atoms with van der Waals surface area (Å²) >= 11 is 1.48. The third-order valence-electron chi connectivity index (χ3n) is 5.58. The lowest BCUT2D eigenvalue weighted by atomic mass is 9.86. The van der Waals surface area contributed by atoms with E-state index in [-0.39, 0.29) is 29.1 Å². The van der Waals surface area contributed by atoms with Crippen LogP contribution in [0.15, 0.2) is 41.7 Å². The Hall–Kier alpha value is -2.96. The molecule has 1 fully saturated rings. The Morgan fingerprint density at radius 2 is 2.00 bits per heavy atom. The molecule has 2 heterocycles. The van der Waals surface area contributed by atoms with E-state index in [4.69, 9.17) is 9.88 Å². The maximum atomic E-state index is 12.3. The molecule has 1 aliphatic rings. The Kier molecular flexibility index (Phi) is 7.19. The molecule has 10 nitrogen and oxygen atoms in total. The van der Waals surface area contributed by atoms with E-state index in [0.29, 0.717) is 17.2 Å². The molecule has 1 aliphatic carbocycles. The molecular formula is C22H28N6O4S2. The summed E-state index contributed by atoms with van der Waals surface area (Å²) in [5.74, 6) is 0.756. The number of anilines is 2. The maximum Gasteiger partial charge on any atom is 0.407 e. The number of hydrogen-bond donors (Lipinski definition) is 4. The number of aromatic amines is 1. The molecule has 3 aromatic rings. The second kappa shape index (κ2) is 10.1. The molecule has 0 radical (unpaired) electrons. The third kappa shape index (κ3) is 5.93. The number of nitrogens with zero attached hydrogens (tertiary/aromatic N) is 2. The molecule has 1 aromatic carbocycles. The van der Waals surface area contributed by atoms with Gasteiger partial charge in [-0.2, -0.15) is 0 Å². The molecule has 182 valence electrons. The number of nitrogens with two attached hydrogens (primary N) is 1. The molecule has 2 aromatic heterocycles. The number of amides is 1. The first-order valence-electron chi connectivity index (χ1n) is 11.1. The lowest BCUT2D eigenvalue weighted by molar-refractivity contribution is 0.109. The zero-order valence-corrected chi connectivity index (χ0v) is 20.6. The van der Waals surface area contributed by atoms with Gasteiger partial charge in [0, 0.05) is 41.8 Å². The number of nitrogens with one attached hydrogen (secondary N) is 3. The van der Waals surface area contributed by atoms with Crippen LogP contribution in [0.2, 0.25) is 0 Å². The minimum Gasteiger partial charge on any atom is -0.447 e. The van der Waals surface area contributed by atoms with E-state index in [9.17, 15) is 13.2 Å². The van der Waals surface area contributed by atoms with Crippen LogP contribution in [0.25, 0.3) is 10.4 Å². The van der Waals surface area contributed by atoms with Crippen LogP contribution in [0, 0.1) is 0 Å². The van der Waals surface area contributed by atoms with Crippen LogP contribution in [-0.2, 0) is 14.8 Å². The number of H-pyrrole nitrogens is 1. The molecule has 1 amide bonds. The maximum absolute atomic E-state index is 12.3. The minimum absolute atomic E-state index is 0.0239. The van der Waals surface area contributed by atoms with Gasteiger partial charge in [-0.3, -0.25) is 0 Å². The monoisotopic (exact) mass is 504 g/mol. The summed E-state index contributed by atoms with van der Waals surface area (Å²) in [5.41, 5.74) is 1.07. The Labute approximate surface area is 202 Å². The summed E-state index contributed by atoms with van der Waals surface area (Å²) in [6.45, 7) is 3.64. The standard InChI is InChI=1S/C22H28N6O4S2/c1-13(2)32-22(29)28-15-5-3-14(4-6-15)20-26-12-18(33-20)17-8-7-16(11-19(17)34(23,30)31)27-21-24-9-10-25-21/h7-15H,3-6H2,1-2H3,(H,28,29)(H2,23,30,31)(H2,24,25,27). The van der Waals surface area contributed by atoms with Gasteiger partial charge in [-0.25, -0.2) is 28.3 Å². The number of carbonyl (C=O) groups excluding carboxylic acids is 1. The summed E-state index contributed by atoms with van der Waals surface area (Å²) < 4.78 is 29.9. The highest BCUT2D eigenvalue weighted by Gasteiger charge is 2.27. The number of aromatic nitrogens is 3. The average molecular weight is 505 g/mol. The van der Waals surface area contributed by atoms with Gasteiger partial charge in [0.15, 0.2) is 0 Å². The fourth-order valence-corrected chi connectivity index (χ4v) is 5.98. The Bertz CT molecular complexity index is 1230. The van der Waals surface area contributed by atoms with E-state index >= 15 is 0 Å². The van der Waals surface area contributed by atoms with Crippen LogP contribution in [0.5, 0.6) is 0 Å². The molecule has 34 heavy (non-hydrogen) atoms. The molecule has 0 atom stereocenters. The van der Waals surface area contributed by atoms with Crippen molar-refractivity contribution < 1.29 is 17.9 Å². The van der Waals surface area contributed by atoms with E-state index in [1.54, 1.807) is 30.7 Å². The van der Waals surface area contributed by atoms with Gasteiger partial charge in [-0.05, 0) is 51.7 Å². The van der Waals surface area contributed by atoms with Gasteiger partial charge in [-0.15, -0.1) is 11.3 Å². The van der Waals surface area contributed by atoms with E-state index in [1.807, 2.05) is 13.8 Å². The molecule has 0 aliphatic heterocycles. The number of carbonyl (C=O) groups is 1. The van der Waals surface area contributed by atoms with Crippen molar-refractivity contribution in [2.24, 2.45) is 5.14 Å². The number of sulfonamides is 1. The lowest BCUT2D eigenvalue weighted by Gasteiger charge is -2.28. The smallest absolute Gasteiger partial charge is 0.407 e. The van der Waals surface area contributed by atoms with Crippen molar-refractivity contribution >= 4 is 39.1 Å². The van der Waals surface area contributed by atoms with Crippen LogP contribution >= 0.6 is 11.3 Å². The highest BCUT2D eigenvalue weighted by Crippen LogP contribution is 2.39. The number of benzene rings is 1. The van der Waals surface area contributed by atoms with Crippen molar-refractivity contribution in [3.8, 4) is 10.4 Å². The molecule has 0 spiro atoms. The molecule has 0 bridgehead atoms. The predicted molar refractivity (Wildman–Crippen MR) is 131 cm³/mol. The number of alkyl carbamates (subject to hydrolysis) is 1. The molecule has 1 saturated carbocycles.